The molecule has 0 unspecified atom stereocenters. The van der Waals surface area contributed by atoms with Crippen LogP contribution < -0.4 is 0 Å². The molecule has 0 N–H and O–H groups in total. The minimum Gasteiger partial charge on any atom is -0.341 e. The van der Waals surface area contributed by atoms with E-state index in [1.807, 2.05) is 0 Å². The summed E-state index contributed by atoms with van der Waals surface area (Å²) in [5.74, 6) is -0.0478. The van der Waals surface area contributed by atoms with Gasteiger partial charge in [-0.2, -0.15) is 0 Å². The Balaban J connectivity index is 1.32. The van der Waals surface area contributed by atoms with Gasteiger partial charge in [-0.1, -0.05) is 19.3 Å². The van der Waals surface area contributed by atoms with Crippen molar-refractivity contribution in [2.45, 2.75) is 76.2 Å². The molecule has 29 heavy (non-hydrogen) atoms. The minimum atomic E-state index is -0.814. The fourth-order valence-corrected chi connectivity index (χ4v) is 7.13. The molecule has 6 aliphatic rings. The third-order valence-corrected chi connectivity index (χ3v) is 8.04. The summed E-state index contributed by atoms with van der Waals surface area (Å²) >= 11 is 0. The summed E-state index contributed by atoms with van der Waals surface area (Å²) in [4.78, 5) is 55.6. The fourth-order valence-electron chi connectivity index (χ4n) is 7.13. The third-order valence-electron chi connectivity index (χ3n) is 8.04. The second kappa shape index (κ2) is 7.10. The van der Waals surface area contributed by atoms with E-state index in [1.54, 1.807) is 4.90 Å². The Morgan fingerprint density at radius 2 is 1.31 bits per heavy atom. The van der Waals surface area contributed by atoms with Crippen molar-refractivity contribution in [3.05, 3.63) is 0 Å². The molecule has 4 aliphatic carbocycles. The Morgan fingerprint density at radius 1 is 0.793 bits per heavy atom. The van der Waals surface area contributed by atoms with Crippen molar-refractivity contribution in [1.82, 2.24) is 14.7 Å². The van der Waals surface area contributed by atoms with E-state index in [1.165, 1.54) is 30.6 Å². The summed E-state index contributed by atoms with van der Waals surface area (Å²) < 4.78 is 0. The standard InChI is InChI=1S/C22H31N3O4/c26-18(23-6-4-2-1-3-5-7-23)14-24-19(27)20(28)25(21(24)29)22-11-15-8-16(12-22)10-17(9-15)13-22/h15-17H,1-14H2. The highest BCUT2D eigenvalue weighted by atomic mass is 16.2. The summed E-state index contributed by atoms with van der Waals surface area (Å²) in [7, 11) is 0. The van der Waals surface area contributed by atoms with Crippen LogP contribution in [-0.4, -0.2) is 63.6 Å². The first-order chi connectivity index (χ1) is 14.0. The van der Waals surface area contributed by atoms with Crippen LogP contribution in [0.15, 0.2) is 0 Å². The molecular formula is C22H31N3O4. The number of nitrogens with zero attached hydrogens (tertiary/aromatic N) is 3. The third kappa shape index (κ3) is 3.17. The molecule has 5 amide bonds. The molecule has 7 nitrogen and oxygen atoms in total. The minimum absolute atomic E-state index is 0.214. The van der Waals surface area contributed by atoms with Crippen molar-refractivity contribution in [2.75, 3.05) is 19.6 Å². The maximum Gasteiger partial charge on any atom is 0.335 e. The first-order valence-electron chi connectivity index (χ1n) is 11.4. The zero-order valence-corrected chi connectivity index (χ0v) is 17.1. The lowest BCUT2D eigenvalue weighted by Crippen LogP contribution is -2.62. The maximum absolute atomic E-state index is 13.2. The van der Waals surface area contributed by atoms with Crippen molar-refractivity contribution in [3.63, 3.8) is 0 Å². The first-order valence-corrected chi connectivity index (χ1v) is 11.4. The predicted octanol–water partition coefficient (Wildman–Crippen LogP) is 2.54. The lowest BCUT2D eigenvalue weighted by atomic mass is 9.52. The molecule has 0 atom stereocenters. The average molecular weight is 402 g/mol. The molecule has 2 saturated heterocycles. The van der Waals surface area contributed by atoms with Gasteiger partial charge in [0.25, 0.3) is 0 Å². The molecule has 158 valence electrons. The zero-order valence-electron chi connectivity index (χ0n) is 17.1. The van der Waals surface area contributed by atoms with Gasteiger partial charge in [-0.05, 0) is 69.1 Å². The van der Waals surface area contributed by atoms with Crippen molar-refractivity contribution in [1.29, 1.82) is 0 Å². The normalized spacial score (nSPS) is 37.3. The van der Waals surface area contributed by atoms with Gasteiger partial charge in [0, 0.05) is 13.1 Å². The van der Waals surface area contributed by atoms with Crippen LogP contribution >= 0.6 is 0 Å². The van der Waals surface area contributed by atoms with Crippen LogP contribution in [0.3, 0.4) is 0 Å². The van der Waals surface area contributed by atoms with Crippen molar-refractivity contribution >= 4 is 23.8 Å². The van der Waals surface area contributed by atoms with Crippen LogP contribution in [0, 0.1) is 17.8 Å². The Bertz CT molecular complexity index is 705. The Hall–Kier alpha value is -1.92. The van der Waals surface area contributed by atoms with Crippen LogP contribution in [0.4, 0.5) is 4.79 Å². The van der Waals surface area contributed by atoms with E-state index in [4.69, 9.17) is 0 Å². The zero-order chi connectivity index (χ0) is 20.2. The van der Waals surface area contributed by atoms with Crippen LogP contribution in [0.1, 0.15) is 70.6 Å². The fraction of sp³-hybridized carbons (Fsp3) is 0.818. The number of urea groups is 1. The maximum atomic E-state index is 13.2. The Kier molecular flexibility index (Phi) is 4.67. The summed E-state index contributed by atoms with van der Waals surface area (Å²) in [5.41, 5.74) is -0.489. The molecule has 6 rings (SSSR count). The number of rotatable bonds is 3. The number of carbonyl (C=O) groups excluding carboxylic acids is 4. The second-order valence-corrected chi connectivity index (χ2v) is 10.1. The van der Waals surface area contributed by atoms with Gasteiger partial charge in [0.05, 0.1) is 5.54 Å². The monoisotopic (exact) mass is 401 g/mol. The molecule has 0 spiro atoms. The van der Waals surface area contributed by atoms with E-state index in [0.717, 1.165) is 49.8 Å². The second-order valence-electron chi connectivity index (χ2n) is 10.1. The van der Waals surface area contributed by atoms with Gasteiger partial charge in [-0.25, -0.2) is 14.6 Å². The van der Waals surface area contributed by atoms with E-state index in [0.29, 0.717) is 30.8 Å². The molecule has 7 heteroatoms. The van der Waals surface area contributed by atoms with Gasteiger partial charge < -0.3 is 4.90 Å². The van der Waals surface area contributed by atoms with Gasteiger partial charge >= 0.3 is 17.8 Å². The molecular weight excluding hydrogens is 370 g/mol. The van der Waals surface area contributed by atoms with E-state index in [2.05, 4.69) is 0 Å². The topological polar surface area (TPSA) is 78.0 Å². The van der Waals surface area contributed by atoms with E-state index < -0.39 is 23.4 Å². The summed E-state index contributed by atoms with van der Waals surface area (Å²) in [5, 5.41) is 0. The molecule has 2 aliphatic heterocycles. The number of hydrogen-bond acceptors (Lipinski definition) is 4. The molecule has 6 fully saturated rings. The average Bonchev–Trinajstić information content (AvgIpc) is 2.84. The summed E-state index contributed by atoms with van der Waals surface area (Å²) in [6.45, 7) is 1.04. The quantitative estimate of drug-likeness (QED) is 0.538. The lowest BCUT2D eigenvalue weighted by Gasteiger charge is -2.58. The first kappa shape index (κ1) is 19.1. The summed E-state index contributed by atoms with van der Waals surface area (Å²) in [6, 6.07) is -0.553. The molecule has 0 aromatic rings. The van der Waals surface area contributed by atoms with Gasteiger partial charge in [-0.3, -0.25) is 14.4 Å². The van der Waals surface area contributed by atoms with Gasteiger partial charge in [0.2, 0.25) is 5.91 Å². The highest BCUT2D eigenvalue weighted by Crippen LogP contribution is 2.58. The molecule has 0 aromatic heterocycles. The number of hydrogen-bond donors (Lipinski definition) is 0. The number of amides is 5. The smallest absolute Gasteiger partial charge is 0.335 e. The highest BCUT2D eigenvalue weighted by Gasteiger charge is 2.61. The van der Waals surface area contributed by atoms with E-state index in [9.17, 15) is 19.2 Å². The van der Waals surface area contributed by atoms with Crippen LogP contribution in [0.5, 0.6) is 0 Å². The van der Waals surface area contributed by atoms with E-state index >= 15 is 0 Å². The molecule has 0 aromatic carbocycles. The molecule has 2 heterocycles. The lowest BCUT2D eigenvalue weighted by molar-refractivity contribution is -0.150. The van der Waals surface area contributed by atoms with Gasteiger partial charge in [0.1, 0.15) is 6.54 Å². The number of imide groups is 2. The summed E-state index contributed by atoms with van der Waals surface area (Å²) in [6.07, 6.45) is 11.4. The molecule has 0 radical (unpaired) electrons. The van der Waals surface area contributed by atoms with Crippen molar-refractivity contribution in [2.24, 2.45) is 17.8 Å². The Labute approximate surface area is 171 Å². The van der Waals surface area contributed by atoms with E-state index in [-0.39, 0.29) is 12.5 Å². The van der Waals surface area contributed by atoms with Crippen LogP contribution in [0.25, 0.3) is 0 Å². The van der Waals surface area contributed by atoms with Crippen LogP contribution in [0.2, 0.25) is 0 Å². The van der Waals surface area contributed by atoms with Gasteiger partial charge in [-0.15, -0.1) is 0 Å². The van der Waals surface area contributed by atoms with Crippen molar-refractivity contribution in [3.8, 4) is 0 Å². The molecule has 4 bridgehead atoms. The van der Waals surface area contributed by atoms with Crippen molar-refractivity contribution < 1.29 is 19.2 Å². The van der Waals surface area contributed by atoms with Gasteiger partial charge in [0.15, 0.2) is 0 Å². The predicted molar refractivity (Wildman–Crippen MR) is 105 cm³/mol. The highest BCUT2D eigenvalue weighted by molar-refractivity contribution is 6.45. The number of carbonyl (C=O) groups is 4. The number of likely N-dealkylation sites (tertiary alicyclic amines) is 1. The van der Waals surface area contributed by atoms with Crippen LogP contribution in [-0.2, 0) is 14.4 Å². The SMILES string of the molecule is O=C(CN1C(=O)C(=O)N(C23CC4CC(CC(C4)C2)C3)C1=O)N1CCCCCCC1. The Morgan fingerprint density at radius 3 is 1.86 bits per heavy atom. The largest absolute Gasteiger partial charge is 0.341 e. The molecule has 4 saturated carbocycles.